The summed E-state index contributed by atoms with van der Waals surface area (Å²) < 4.78 is 6.67. The first-order valence-corrected chi connectivity index (χ1v) is 5.70. The maximum Gasteiger partial charge on any atom is 0.133 e. The minimum Gasteiger partial charge on any atom is -0.492 e. The number of halogens is 1. The molecule has 0 saturated heterocycles. The Balaban J connectivity index is 2.42. The summed E-state index contributed by atoms with van der Waals surface area (Å²) in [5.41, 5.74) is 1.24. The number of quaternary nitrogens is 1. The van der Waals surface area contributed by atoms with Gasteiger partial charge < -0.3 is 10.1 Å². The van der Waals surface area contributed by atoms with E-state index in [1.807, 2.05) is 6.07 Å². The van der Waals surface area contributed by atoms with Crippen molar-refractivity contribution < 1.29 is 10.1 Å². The van der Waals surface area contributed by atoms with Crippen LogP contribution in [0.4, 0.5) is 0 Å². The van der Waals surface area contributed by atoms with Crippen molar-refractivity contribution in [3.05, 3.63) is 28.2 Å². The van der Waals surface area contributed by atoms with Gasteiger partial charge >= 0.3 is 0 Å². The molecule has 0 atom stereocenters. The van der Waals surface area contributed by atoms with Crippen LogP contribution >= 0.6 is 15.9 Å². The Morgan fingerprint density at radius 2 is 2.21 bits per heavy atom. The molecule has 0 bridgehead atoms. The van der Waals surface area contributed by atoms with E-state index in [1.165, 1.54) is 5.56 Å². The minimum absolute atomic E-state index is 0.784. The molecule has 2 N–H and O–H groups in total. The van der Waals surface area contributed by atoms with Gasteiger partial charge in [0.2, 0.25) is 0 Å². The molecule has 0 spiro atoms. The van der Waals surface area contributed by atoms with Crippen LogP contribution in [0.2, 0.25) is 0 Å². The van der Waals surface area contributed by atoms with Gasteiger partial charge in [-0.15, -0.1) is 0 Å². The summed E-state index contributed by atoms with van der Waals surface area (Å²) in [5.74, 6) is 0.937. The highest BCUT2D eigenvalue weighted by atomic mass is 79.9. The standard InChI is InChI=1S/C11H16BrNO/c1-9-4-5-11(10(12)8-9)14-7-3-6-13-2/h4-5,8,13H,3,6-7H2,1-2H3/p+1. The Labute approximate surface area is 93.8 Å². The van der Waals surface area contributed by atoms with Gasteiger partial charge in [0.25, 0.3) is 0 Å². The highest BCUT2D eigenvalue weighted by Gasteiger charge is 2.00. The lowest BCUT2D eigenvalue weighted by molar-refractivity contribution is -0.627. The zero-order valence-corrected chi connectivity index (χ0v) is 10.3. The molecule has 1 aromatic carbocycles. The first-order valence-electron chi connectivity index (χ1n) is 4.91. The fourth-order valence-corrected chi connectivity index (χ4v) is 1.80. The Morgan fingerprint density at radius 3 is 2.86 bits per heavy atom. The van der Waals surface area contributed by atoms with Gasteiger partial charge in [-0.25, -0.2) is 0 Å². The average Bonchev–Trinajstić information content (AvgIpc) is 2.15. The molecule has 2 nitrogen and oxygen atoms in total. The van der Waals surface area contributed by atoms with Gasteiger partial charge in [0.05, 0.1) is 24.7 Å². The SMILES string of the molecule is C[NH2+]CCCOc1ccc(C)cc1Br. The van der Waals surface area contributed by atoms with Crippen LogP contribution < -0.4 is 10.1 Å². The number of nitrogens with two attached hydrogens (primary N) is 1. The van der Waals surface area contributed by atoms with E-state index in [4.69, 9.17) is 4.74 Å². The normalized spacial score (nSPS) is 10.2. The van der Waals surface area contributed by atoms with Crippen LogP contribution in [0, 0.1) is 6.92 Å². The fraction of sp³-hybridized carbons (Fsp3) is 0.455. The Morgan fingerprint density at radius 1 is 1.43 bits per heavy atom. The maximum absolute atomic E-state index is 5.63. The number of hydrogen-bond acceptors (Lipinski definition) is 1. The molecule has 3 heteroatoms. The second kappa shape index (κ2) is 6.04. The van der Waals surface area contributed by atoms with Crippen LogP contribution in [0.15, 0.2) is 22.7 Å². The van der Waals surface area contributed by atoms with Crippen molar-refractivity contribution >= 4 is 15.9 Å². The van der Waals surface area contributed by atoms with Gasteiger partial charge in [-0.1, -0.05) is 6.07 Å². The third-order valence-corrected chi connectivity index (χ3v) is 2.60. The lowest BCUT2D eigenvalue weighted by Gasteiger charge is -2.07. The fourth-order valence-electron chi connectivity index (χ4n) is 1.19. The Bertz CT molecular complexity index is 289. The first-order chi connectivity index (χ1) is 6.74. The van der Waals surface area contributed by atoms with Gasteiger partial charge in [-0.2, -0.15) is 0 Å². The topological polar surface area (TPSA) is 25.8 Å². The predicted molar refractivity (Wildman–Crippen MR) is 61.7 cm³/mol. The second-order valence-corrected chi connectivity index (χ2v) is 4.19. The van der Waals surface area contributed by atoms with Gasteiger partial charge in [0.1, 0.15) is 5.75 Å². The first kappa shape index (κ1) is 11.5. The van der Waals surface area contributed by atoms with Crippen molar-refractivity contribution in [3.63, 3.8) is 0 Å². The lowest BCUT2D eigenvalue weighted by atomic mass is 10.2. The molecule has 1 rings (SSSR count). The van der Waals surface area contributed by atoms with Gasteiger partial charge in [-0.05, 0) is 40.5 Å². The number of aryl methyl sites for hydroxylation is 1. The van der Waals surface area contributed by atoms with Gasteiger partial charge in [0.15, 0.2) is 0 Å². The van der Waals surface area contributed by atoms with Gasteiger partial charge in [-0.3, -0.25) is 0 Å². The van der Waals surface area contributed by atoms with Crippen molar-refractivity contribution in [3.8, 4) is 5.75 Å². The molecule has 0 aliphatic heterocycles. The van der Waals surface area contributed by atoms with Crippen LogP contribution in [0.25, 0.3) is 0 Å². The van der Waals surface area contributed by atoms with Crippen LogP contribution in [0.1, 0.15) is 12.0 Å². The monoisotopic (exact) mass is 258 g/mol. The van der Waals surface area contributed by atoms with E-state index >= 15 is 0 Å². The lowest BCUT2D eigenvalue weighted by Crippen LogP contribution is -2.79. The Hall–Kier alpha value is -0.540. The zero-order valence-electron chi connectivity index (χ0n) is 8.72. The molecule has 0 saturated carbocycles. The van der Waals surface area contributed by atoms with E-state index in [9.17, 15) is 0 Å². The maximum atomic E-state index is 5.63. The molecule has 1 aromatic rings. The third-order valence-electron chi connectivity index (χ3n) is 1.98. The predicted octanol–water partition coefficient (Wildman–Crippen LogP) is 1.72. The van der Waals surface area contributed by atoms with Gasteiger partial charge in [0, 0.05) is 6.42 Å². The molecule has 0 radical (unpaired) electrons. The second-order valence-electron chi connectivity index (χ2n) is 3.33. The summed E-state index contributed by atoms with van der Waals surface area (Å²) in [6, 6.07) is 6.14. The van der Waals surface area contributed by atoms with E-state index in [0.717, 1.165) is 29.8 Å². The molecule has 0 amide bonds. The summed E-state index contributed by atoms with van der Waals surface area (Å²) in [6.45, 7) is 3.97. The molecule has 78 valence electrons. The van der Waals surface area contributed by atoms with Crippen molar-refractivity contribution in [1.29, 1.82) is 0 Å². The van der Waals surface area contributed by atoms with E-state index < -0.39 is 0 Å². The van der Waals surface area contributed by atoms with Crippen molar-refractivity contribution in [2.45, 2.75) is 13.3 Å². The molecule has 0 unspecified atom stereocenters. The molecule has 0 heterocycles. The highest BCUT2D eigenvalue weighted by molar-refractivity contribution is 9.10. The smallest absolute Gasteiger partial charge is 0.133 e. The number of hydrogen-bond donors (Lipinski definition) is 1. The largest absolute Gasteiger partial charge is 0.492 e. The summed E-state index contributed by atoms with van der Waals surface area (Å²) in [7, 11) is 2.07. The highest BCUT2D eigenvalue weighted by Crippen LogP contribution is 2.25. The van der Waals surface area contributed by atoms with Crippen molar-refractivity contribution in [1.82, 2.24) is 0 Å². The number of ether oxygens (including phenoxy) is 1. The molecular formula is C11H17BrNO+. The summed E-state index contributed by atoms with van der Waals surface area (Å²) >= 11 is 3.48. The quantitative estimate of drug-likeness (QED) is 0.800. The van der Waals surface area contributed by atoms with Crippen LogP contribution in [-0.4, -0.2) is 20.2 Å². The summed E-state index contributed by atoms with van der Waals surface area (Å²) in [6.07, 6.45) is 1.08. The molecule has 0 aliphatic carbocycles. The van der Waals surface area contributed by atoms with Crippen LogP contribution in [0.3, 0.4) is 0 Å². The van der Waals surface area contributed by atoms with E-state index in [1.54, 1.807) is 0 Å². The van der Waals surface area contributed by atoms with E-state index in [-0.39, 0.29) is 0 Å². The summed E-state index contributed by atoms with van der Waals surface area (Å²) in [5, 5.41) is 2.16. The van der Waals surface area contributed by atoms with E-state index in [0.29, 0.717) is 0 Å². The van der Waals surface area contributed by atoms with E-state index in [2.05, 4.69) is 47.4 Å². The van der Waals surface area contributed by atoms with Crippen LogP contribution in [-0.2, 0) is 0 Å². The number of rotatable bonds is 5. The van der Waals surface area contributed by atoms with Crippen molar-refractivity contribution in [2.75, 3.05) is 20.2 Å². The molecule has 0 fully saturated rings. The zero-order chi connectivity index (χ0) is 10.4. The Kier molecular flexibility index (Phi) is 4.98. The summed E-state index contributed by atoms with van der Waals surface area (Å²) in [4.78, 5) is 0. The molecular weight excluding hydrogens is 242 g/mol. The van der Waals surface area contributed by atoms with Crippen LogP contribution in [0.5, 0.6) is 5.75 Å². The minimum atomic E-state index is 0.784. The molecule has 14 heavy (non-hydrogen) atoms. The third kappa shape index (κ3) is 3.68. The molecule has 0 aromatic heterocycles. The van der Waals surface area contributed by atoms with Crippen molar-refractivity contribution in [2.24, 2.45) is 0 Å². The number of benzene rings is 1. The average molecular weight is 259 g/mol. The molecule has 0 aliphatic rings.